The number of rotatable bonds is 6. The number of pyridine rings is 2. The molecule has 0 saturated carbocycles. The summed E-state index contributed by atoms with van der Waals surface area (Å²) in [4.78, 5) is 26.7. The highest BCUT2D eigenvalue weighted by Crippen LogP contribution is 2.45. The van der Waals surface area contributed by atoms with Crippen LogP contribution in [0.3, 0.4) is 0 Å². The fourth-order valence-corrected chi connectivity index (χ4v) is 7.29. The molecule has 45 heavy (non-hydrogen) atoms. The fourth-order valence-electron chi connectivity index (χ4n) is 7.00. The largest absolute Gasteiger partial charge is 0.475 e. The van der Waals surface area contributed by atoms with Gasteiger partial charge in [0.15, 0.2) is 11.6 Å². The summed E-state index contributed by atoms with van der Waals surface area (Å²) in [5, 5.41) is 12.6. The van der Waals surface area contributed by atoms with Gasteiger partial charge in [0.1, 0.15) is 35.6 Å². The van der Waals surface area contributed by atoms with Crippen LogP contribution in [0.4, 0.5) is 18.9 Å². The third kappa shape index (κ3) is 4.75. The zero-order valence-corrected chi connectivity index (χ0v) is 25.1. The zero-order chi connectivity index (χ0) is 31.6. The van der Waals surface area contributed by atoms with E-state index in [2.05, 4.69) is 22.6 Å². The molecule has 2 aromatic carbocycles. The predicted octanol–water partition coefficient (Wildman–Crippen LogP) is 5.81. The fraction of sp³-hybridized carbons (Fsp3) is 0.333. The maximum absolute atomic E-state index is 16.7. The second-order valence-electron chi connectivity index (χ2n) is 11.8. The van der Waals surface area contributed by atoms with E-state index in [1.54, 1.807) is 25.2 Å². The number of likely N-dealkylation sites (tertiary alicyclic amines) is 2. The van der Waals surface area contributed by atoms with E-state index in [0.717, 1.165) is 5.39 Å². The first-order valence-electron chi connectivity index (χ1n) is 14.7. The van der Waals surface area contributed by atoms with Gasteiger partial charge in [-0.3, -0.25) is 14.7 Å². The van der Waals surface area contributed by atoms with Crippen LogP contribution in [-0.2, 0) is 4.79 Å². The number of hydrogen-bond acceptors (Lipinski definition) is 7. The van der Waals surface area contributed by atoms with Gasteiger partial charge in [-0.05, 0) is 31.3 Å². The van der Waals surface area contributed by atoms with E-state index in [4.69, 9.17) is 16.3 Å². The van der Waals surface area contributed by atoms with Crippen LogP contribution in [0, 0.1) is 17.1 Å². The molecule has 0 N–H and O–H groups in total. The van der Waals surface area contributed by atoms with Crippen LogP contribution >= 0.6 is 11.6 Å². The topological polar surface area (TPSA) is 85.6 Å². The predicted molar refractivity (Wildman–Crippen MR) is 165 cm³/mol. The van der Waals surface area contributed by atoms with E-state index in [1.807, 2.05) is 28.0 Å². The van der Waals surface area contributed by atoms with Crippen molar-refractivity contribution in [3.63, 3.8) is 0 Å². The Bertz CT molecular complexity index is 1930. The quantitative estimate of drug-likeness (QED) is 0.248. The molecule has 0 aliphatic carbocycles. The van der Waals surface area contributed by atoms with E-state index >= 15 is 4.39 Å². The first kappa shape index (κ1) is 29.3. The van der Waals surface area contributed by atoms with E-state index in [0.29, 0.717) is 40.0 Å². The van der Waals surface area contributed by atoms with Gasteiger partial charge in [0.05, 0.1) is 17.8 Å². The van der Waals surface area contributed by atoms with Crippen molar-refractivity contribution in [3.8, 4) is 23.2 Å². The normalized spacial score (nSPS) is 22.8. The van der Waals surface area contributed by atoms with Crippen molar-refractivity contribution < 1.29 is 22.7 Å². The van der Waals surface area contributed by atoms with Gasteiger partial charge in [-0.15, -0.1) is 0 Å². The summed E-state index contributed by atoms with van der Waals surface area (Å²) in [6.07, 6.45) is 1.28. The summed E-state index contributed by atoms with van der Waals surface area (Å²) in [5.41, 5.74) is 0.925. The molecule has 8 nitrogen and oxygen atoms in total. The van der Waals surface area contributed by atoms with Gasteiger partial charge in [0, 0.05) is 53.2 Å². The molecule has 12 heteroatoms. The highest BCUT2D eigenvalue weighted by Gasteiger charge is 2.50. The number of fused-ring (bicyclic) bond motifs is 3. The van der Waals surface area contributed by atoms with Crippen molar-refractivity contribution in [1.82, 2.24) is 19.8 Å². The number of alkyl halides is 1. The summed E-state index contributed by atoms with van der Waals surface area (Å²) in [5.74, 6) is -2.58. The minimum absolute atomic E-state index is 0.0340. The van der Waals surface area contributed by atoms with Gasteiger partial charge in [-0.2, -0.15) is 5.26 Å². The average molecular weight is 633 g/mol. The van der Waals surface area contributed by atoms with Crippen molar-refractivity contribution in [2.24, 2.45) is 0 Å². The summed E-state index contributed by atoms with van der Waals surface area (Å²) >= 11 is 6.56. The van der Waals surface area contributed by atoms with Crippen LogP contribution in [0.1, 0.15) is 18.4 Å². The molecule has 0 unspecified atom stereocenters. The first-order valence-corrected chi connectivity index (χ1v) is 15.0. The third-order valence-electron chi connectivity index (χ3n) is 9.26. The van der Waals surface area contributed by atoms with Crippen molar-refractivity contribution >= 4 is 44.9 Å². The third-order valence-corrected chi connectivity index (χ3v) is 9.57. The second kappa shape index (κ2) is 11.2. The van der Waals surface area contributed by atoms with Gasteiger partial charge in [-0.25, -0.2) is 18.2 Å². The molecule has 3 aliphatic heterocycles. The lowest BCUT2D eigenvalue weighted by Crippen LogP contribution is -2.63. The lowest BCUT2D eigenvalue weighted by molar-refractivity contribution is -0.130. The molecule has 0 spiro atoms. The SMILES string of the molecule is C=C(F)C(=O)N1CC[C@@H]2[C@H]1CN2c1c(C#N)c(OC[C@@H]2C[C@@H](F)CN2C)nc2c(F)c(-c3cccc4cccc(Cl)c34)ncc12. The van der Waals surface area contributed by atoms with E-state index in [-0.39, 0.29) is 66.9 Å². The Balaban J connectivity index is 1.37. The molecule has 5 heterocycles. The number of aromatic nitrogens is 2. The average Bonchev–Trinajstić information content (AvgIpc) is 3.52. The number of benzene rings is 2. The van der Waals surface area contributed by atoms with Crippen LogP contribution in [0.2, 0.25) is 5.02 Å². The lowest BCUT2D eigenvalue weighted by Gasteiger charge is -2.48. The smallest absolute Gasteiger partial charge is 0.282 e. The maximum atomic E-state index is 16.7. The Labute approximate surface area is 262 Å². The molecule has 3 fully saturated rings. The number of likely N-dealkylation sites (N-methyl/N-ethyl adjacent to an activating group) is 1. The summed E-state index contributed by atoms with van der Waals surface area (Å²) in [6.45, 7) is 4.07. The molecule has 0 radical (unpaired) electrons. The maximum Gasteiger partial charge on any atom is 0.282 e. The summed E-state index contributed by atoms with van der Waals surface area (Å²) in [7, 11) is 1.80. The number of hydrogen-bond donors (Lipinski definition) is 0. The summed E-state index contributed by atoms with van der Waals surface area (Å²) < 4.78 is 50.6. The minimum atomic E-state index is -1.03. The van der Waals surface area contributed by atoms with Crippen LogP contribution in [0.25, 0.3) is 32.9 Å². The van der Waals surface area contributed by atoms with Gasteiger partial charge >= 0.3 is 0 Å². The molecule has 0 bridgehead atoms. The van der Waals surface area contributed by atoms with Crippen LogP contribution in [0.5, 0.6) is 5.88 Å². The van der Waals surface area contributed by atoms with E-state index in [1.165, 1.54) is 11.1 Å². The number of anilines is 1. The molecule has 2 aromatic heterocycles. The van der Waals surface area contributed by atoms with Gasteiger partial charge < -0.3 is 14.5 Å². The number of halogens is 4. The molecule has 3 aliphatic rings. The highest BCUT2D eigenvalue weighted by molar-refractivity contribution is 6.36. The number of nitrogens with zero attached hydrogens (tertiary/aromatic N) is 6. The molecule has 7 rings (SSSR count). The monoisotopic (exact) mass is 632 g/mol. The molecular formula is C33H28ClF3N6O2. The first-order chi connectivity index (χ1) is 21.7. The van der Waals surface area contributed by atoms with Gasteiger partial charge in [-0.1, -0.05) is 48.5 Å². The number of nitriles is 1. The Morgan fingerprint density at radius 2 is 2.00 bits per heavy atom. The van der Waals surface area contributed by atoms with E-state index in [9.17, 15) is 18.8 Å². The van der Waals surface area contributed by atoms with Gasteiger partial charge in [0.2, 0.25) is 5.88 Å². The number of ether oxygens (including phenoxy) is 1. The number of carbonyl (C=O) groups excluding carboxylic acids is 1. The molecule has 1 amide bonds. The molecule has 3 saturated heterocycles. The minimum Gasteiger partial charge on any atom is -0.475 e. The second-order valence-corrected chi connectivity index (χ2v) is 12.2. The standard InChI is InChI=1S/C33H28ClF3N6O2/c1-17(35)33(44)42-10-9-25-26(42)15-43(25)31-22(12-38)32(45-16-20-11-19(36)14-41(20)2)40-30-23(31)13-39-29(28(30)37)21-7-3-5-18-6-4-8-24(34)27(18)21/h3-8,13,19-20,25-26H,1,9-11,14-16H2,2H3/t19-,20+,25-,26-/m1/s1. The molecular weight excluding hydrogens is 605 g/mol. The molecule has 230 valence electrons. The zero-order valence-electron chi connectivity index (χ0n) is 24.3. The Kier molecular flexibility index (Phi) is 7.29. The van der Waals surface area contributed by atoms with Crippen LogP contribution in [-0.4, -0.2) is 83.3 Å². The van der Waals surface area contributed by atoms with Crippen LogP contribution in [0.15, 0.2) is 55.0 Å². The van der Waals surface area contributed by atoms with Crippen molar-refractivity contribution in [3.05, 3.63) is 71.4 Å². The van der Waals surface area contributed by atoms with E-state index < -0.39 is 23.7 Å². The summed E-state index contributed by atoms with van der Waals surface area (Å²) in [6, 6.07) is 12.2. The Hall–Kier alpha value is -4.40. The number of amides is 1. The highest BCUT2D eigenvalue weighted by atomic mass is 35.5. The molecule has 4 aromatic rings. The Morgan fingerprint density at radius 3 is 2.71 bits per heavy atom. The van der Waals surface area contributed by atoms with Gasteiger partial charge in [0.25, 0.3) is 5.91 Å². The van der Waals surface area contributed by atoms with Crippen molar-refractivity contribution in [1.29, 1.82) is 5.26 Å². The van der Waals surface area contributed by atoms with Crippen molar-refractivity contribution in [2.75, 3.05) is 38.2 Å². The lowest BCUT2D eigenvalue weighted by atomic mass is 9.93. The van der Waals surface area contributed by atoms with Crippen LogP contribution < -0.4 is 9.64 Å². The molecule has 4 atom stereocenters. The Morgan fingerprint density at radius 1 is 1.22 bits per heavy atom. The number of carbonyl (C=O) groups is 1. The van der Waals surface area contributed by atoms with Crippen molar-refractivity contribution in [2.45, 2.75) is 37.1 Å².